The third-order valence-electron chi connectivity index (χ3n) is 4.57. The normalized spacial score (nSPS) is 23.7. The second-order valence-corrected chi connectivity index (χ2v) is 5.53. The largest absolute Gasteiger partial charge is 0.481 e. The molecule has 0 saturated heterocycles. The highest BCUT2D eigenvalue weighted by molar-refractivity contribution is 6.08. The number of carboxylic acid groups (broad SMARTS) is 1. The molecule has 0 heterocycles. The van der Waals surface area contributed by atoms with Crippen molar-refractivity contribution in [1.82, 2.24) is 0 Å². The summed E-state index contributed by atoms with van der Waals surface area (Å²) in [4.78, 5) is 11.7. The van der Waals surface area contributed by atoms with Gasteiger partial charge in [0.1, 0.15) is 0 Å². The highest BCUT2D eigenvalue weighted by atomic mass is 16.4. The van der Waals surface area contributed by atoms with E-state index in [0.717, 1.165) is 27.8 Å². The van der Waals surface area contributed by atoms with E-state index in [2.05, 4.69) is 5.16 Å². The summed E-state index contributed by atoms with van der Waals surface area (Å²) in [6, 6.07) is 13.8. The lowest BCUT2D eigenvalue weighted by Gasteiger charge is -2.29. The minimum absolute atomic E-state index is 0.157. The number of carboxylic acids is 1. The van der Waals surface area contributed by atoms with Crippen LogP contribution in [-0.4, -0.2) is 22.0 Å². The van der Waals surface area contributed by atoms with Gasteiger partial charge in [0.2, 0.25) is 0 Å². The number of hydrogen-bond donors (Lipinski definition) is 2. The third kappa shape index (κ3) is 1.50. The highest BCUT2D eigenvalue weighted by Gasteiger charge is 2.44. The predicted molar refractivity (Wildman–Crippen MR) is 77.8 cm³/mol. The summed E-state index contributed by atoms with van der Waals surface area (Å²) in [7, 11) is 0. The average Bonchev–Trinajstić information content (AvgIpc) is 2.85. The molecule has 2 aliphatic carbocycles. The quantitative estimate of drug-likeness (QED) is 0.622. The average molecular weight is 279 g/mol. The number of fused-ring (bicyclic) bond motifs is 3. The van der Waals surface area contributed by atoms with Crippen LogP contribution in [0.1, 0.15) is 29.0 Å². The van der Waals surface area contributed by atoms with Crippen LogP contribution < -0.4 is 0 Å². The van der Waals surface area contributed by atoms with E-state index >= 15 is 0 Å². The van der Waals surface area contributed by atoms with E-state index in [-0.39, 0.29) is 12.3 Å². The molecule has 0 aliphatic heterocycles. The van der Waals surface area contributed by atoms with E-state index in [9.17, 15) is 15.1 Å². The summed E-state index contributed by atoms with van der Waals surface area (Å²) in [5.41, 5.74) is 5.52. The van der Waals surface area contributed by atoms with Gasteiger partial charge < -0.3 is 10.3 Å². The van der Waals surface area contributed by atoms with Crippen molar-refractivity contribution in [2.75, 3.05) is 0 Å². The number of nitrogens with zero attached hydrogens (tertiary/aromatic N) is 1. The van der Waals surface area contributed by atoms with Gasteiger partial charge in [-0.3, -0.25) is 4.79 Å². The molecule has 2 atom stereocenters. The lowest BCUT2D eigenvalue weighted by molar-refractivity contribution is -0.142. The van der Waals surface area contributed by atoms with Crippen molar-refractivity contribution in [2.45, 2.75) is 12.3 Å². The molecule has 4 rings (SSSR count). The van der Waals surface area contributed by atoms with Gasteiger partial charge in [0.25, 0.3) is 0 Å². The number of benzene rings is 2. The first-order valence-electron chi connectivity index (χ1n) is 6.88. The molecule has 0 bridgehead atoms. The number of carbonyl (C=O) groups is 1. The van der Waals surface area contributed by atoms with Crippen LogP contribution in [0.2, 0.25) is 0 Å². The van der Waals surface area contributed by atoms with Crippen molar-refractivity contribution < 1.29 is 15.1 Å². The van der Waals surface area contributed by atoms with Gasteiger partial charge in [-0.15, -0.1) is 0 Å². The Balaban J connectivity index is 2.07. The minimum Gasteiger partial charge on any atom is -0.481 e. The Labute approximate surface area is 121 Å². The van der Waals surface area contributed by atoms with Crippen LogP contribution in [0, 0.1) is 5.92 Å². The number of aliphatic carboxylic acids is 1. The summed E-state index contributed by atoms with van der Waals surface area (Å²) >= 11 is 0. The molecule has 2 aromatic rings. The third-order valence-corrected chi connectivity index (χ3v) is 4.57. The summed E-state index contributed by atoms with van der Waals surface area (Å²) in [6.45, 7) is 0. The molecular formula is C17H13NO3. The van der Waals surface area contributed by atoms with E-state index < -0.39 is 11.9 Å². The van der Waals surface area contributed by atoms with Crippen LogP contribution in [-0.2, 0) is 4.79 Å². The molecular weight excluding hydrogens is 266 g/mol. The van der Waals surface area contributed by atoms with Gasteiger partial charge in [-0.05, 0) is 22.3 Å². The molecule has 2 N–H and O–H groups in total. The van der Waals surface area contributed by atoms with Crippen LogP contribution in [0.25, 0.3) is 11.1 Å². The Hall–Kier alpha value is -2.62. The molecule has 21 heavy (non-hydrogen) atoms. The van der Waals surface area contributed by atoms with E-state index in [1.807, 2.05) is 42.5 Å². The zero-order valence-corrected chi connectivity index (χ0v) is 11.2. The SMILES string of the molecule is O=C(O)[C@H]1C/C(=N\O)c2cccc3c2[C@@H]1c1ccccc1-3. The van der Waals surface area contributed by atoms with E-state index in [0.29, 0.717) is 5.71 Å². The summed E-state index contributed by atoms with van der Waals surface area (Å²) in [5.74, 6) is -1.60. The Bertz CT molecular complexity index is 794. The van der Waals surface area contributed by atoms with Crippen molar-refractivity contribution in [3.8, 4) is 11.1 Å². The first-order chi connectivity index (χ1) is 10.2. The fraction of sp³-hybridized carbons (Fsp3) is 0.176. The zero-order valence-electron chi connectivity index (χ0n) is 11.2. The van der Waals surface area contributed by atoms with Crippen LogP contribution in [0.3, 0.4) is 0 Å². The highest BCUT2D eigenvalue weighted by Crippen LogP contribution is 2.53. The van der Waals surface area contributed by atoms with Gasteiger partial charge in [0.05, 0.1) is 11.6 Å². The first kappa shape index (κ1) is 12.1. The Morgan fingerprint density at radius 1 is 1.05 bits per heavy atom. The van der Waals surface area contributed by atoms with Crippen molar-refractivity contribution in [3.05, 3.63) is 59.2 Å². The van der Waals surface area contributed by atoms with Crippen molar-refractivity contribution in [3.63, 3.8) is 0 Å². The van der Waals surface area contributed by atoms with Crippen molar-refractivity contribution >= 4 is 11.7 Å². The number of rotatable bonds is 1. The second-order valence-electron chi connectivity index (χ2n) is 5.53. The van der Waals surface area contributed by atoms with E-state index in [1.165, 1.54) is 0 Å². The zero-order chi connectivity index (χ0) is 14.6. The maximum Gasteiger partial charge on any atom is 0.307 e. The Morgan fingerprint density at radius 3 is 2.52 bits per heavy atom. The number of oxime groups is 1. The molecule has 0 unspecified atom stereocenters. The van der Waals surface area contributed by atoms with Gasteiger partial charge in [0, 0.05) is 17.9 Å². The van der Waals surface area contributed by atoms with Gasteiger partial charge in [-0.2, -0.15) is 0 Å². The molecule has 104 valence electrons. The van der Waals surface area contributed by atoms with Gasteiger partial charge in [0.15, 0.2) is 0 Å². The predicted octanol–water partition coefficient (Wildman–Crippen LogP) is 3.08. The Morgan fingerprint density at radius 2 is 1.76 bits per heavy atom. The van der Waals surface area contributed by atoms with Gasteiger partial charge >= 0.3 is 5.97 Å². The summed E-state index contributed by atoms with van der Waals surface area (Å²) in [6.07, 6.45) is 0.251. The topological polar surface area (TPSA) is 69.9 Å². The van der Waals surface area contributed by atoms with E-state index in [4.69, 9.17) is 0 Å². The first-order valence-corrected chi connectivity index (χ1v) is 6.88. The molecule has 4 nitrogen and oxygen atoms in total. The fourth-order valence-corrected chi connectivity index (χ4v) is 3.73. The monoisotopic (exact) mass is 279 g/mol. The smallest absolute Gasteiger partial charge is 0.307 e. The molecule has 4 heteroatoms. The molecule has 0 radical (unpaired) electrons. The molecule has 0 saturated carbocycles. The van der Waals surface area contributed by atoms with Crippen LogP contribution in [0.5, 0.6) is 0 Å². The maximum absolute atomic E-state index is 11.7. The molecule has 0 fully saturated rings. The van der Waals surface area contributed by atoms with Crippen molar-refractivity contribution in [2.24, 2.45) is 11.1 Å². The molecule has 0 amide bonds. The molecule has 0 aromatic heterocycles. The summed E-state index contributed by atoms with van der Waals surface area (Å²) < 4.78 is 0. The van der Waals surface area contributed by atoms with Crippen molar-refractivity contribution in [1.29, 1.82) is 0 Å². The second kappa shape index (κ2) is 4.19. The fourth-order valence-electron chi connectivity index (χ4n) is 3.73. The van der Waals surface area contributed by atoms with Crippen LogP contribution >= 0.6 is 0 Å². The standard InChI is InChI=1S/C17H13NO3/c19-17(20)13-8-14(18-21)12-7-3-6-11-9-4-1-2-5-10(9)16(13)15(11)12/h1-7,13,16,21H,8H2,(H,19,20)/b18-14+/t13-,16+/m0/s1. The maximum atomic E-state index is 11.7. The molecule has 2 aliphatic rings. The molecule has 0 spiro atoms. The summed E-state index contributed by atoms with van der Waals surface area (Å²) in [5, 5.41) is 22.2. The van der Waals surface area contributed by atoms with Gasteiger partial charge in [-0.1, -0.05) is 47.6 Å². The number of hydrogen-bond acceptors (Lipinski definition) is 3. The lowest BCUT2D eigenvalue weighted by Crippen LogP contribution is -2.30. The Kier molecular flexibility index (Phi) is 2.42. The van der Waals surface area contributed by atoms with E-state index in [1.54, 1.807) is 0 Å². The molecule has 2 aromatic carbocycles. The van der Waals surface area contributed by atoms with Gasteiger partial charge in [-0.25, -0.2) is 0 Å². The van der Waals surface area contributed by atoms with Crippen LogP contribution in [0.4, 0.5) is 0 Å². The lowest BCUT2D eigenvalue weighted by atomic mass is 9.73. The minimum atomic E-state index is -0.849. The van der Waals surface area contributed by atoms with Crippen LogP contribution in [0.15, 0.2) is 47.6 Å².